The van der Waals surface area contributed by atoms with Gasteiger partial charge in [-0.2, -0.15) is 0 Å². The minimum atomic E-state index is -0.679. The van der Waals surface area contributed by atoms with Crippen LogP contribution >= 0.6 is 23.2 Å². The maximum atomic E-state index is 11.9. The number of benzene rings is 2. The molecule has 2 rings (SSSR count). The molecule has 2 aromatic rings. The quantitative estimate of drug-likeness (QED) is 0.666. The molecule has 0 heterocycles. The van der Waals surface area contributed by atoms with E-state index in [0.717, 1.165) is 5.56 Å². The average Bonchev–Trinajstić information content (AvgIpc) is 2.36. The van der Waals surface area contributed by atoms with E-state index < -0.39 is 5.97 Å². The molecule has 0 saturated carbocycles. The van der Waals surface area contributed by atoms with E-state index in [2.05, 4.69) is 0 Å². The van der Waals surface area contributed by atoms with Crippen LogP contribution in [0.2, 0.25) is 10.0 Å². The summed E-state index contributed by atoms with van der Waals surface area (Å²) in [4.78, 5) is 11.9. The predicted octanol–water partition coefficient (Wildman–Crippen LogP) is 4.23. The van der Waals surface area contributed by atoms with Crippen molar-refractivity contribution in [3.63, 3.8) is 0 Å². The molecule has 1 N–H and O–H groups in total. The Morgan fingerprint density at radius 3 is 2.58 bits per heavy atom. The molecule has 0 aliphatic carbocycles. The normalized spacial score (nSPS) is 10.3. The maximum absolute atomic E-state index is 11.9. The number of hydrogen-bond acceptors (Lipinski definition) is 3. The molecule has 19 heavy (non-hydrogen) atoms. The van der Waals surface area contributed by atoms with Crippen molar-refractivity contribution < 1.29 is 14.6 Å². The fourth-order valence-electron chi connectivity index (χ4n) is 1.51. The first-order valence-electron chi connectivity index (χ1n) is 5.44. The van der Waals surface area contributed by atoms with Crippen LogP contribution in [-0.2, 0) is 0 Å². The van der Waals surface area contributed by atoms with E-state index in [0.29, 0.717) is 15.8 Å². The van der Waals surface area contributed by atoms with Crippen molar-refractivity contribution in [1.82, 2.24) is 0 Å². The van der Waals surface area contributed by atoms with Crippen LogP contribution in [0.25, 0.3) is 0 Å². The van der Waals surface area contributed by atoms with Gasteiger partial charge in [-0.15, -0.1) is 0 Å². The molecule has 0 amide bonds. The molecule has 0 fully saturated rings. The SMILES string of the molecule is Cc1cc(OC(=O)c2cc(Cl)ccc2O)ccc1Cl. The first kappa shape index (κ1) is 13.7. The molecular weight excluding hydrogens is 287 g/mol. The molecule has 5 heteroatoms. The highest BCUT2D eigenvalue weighted by molar-refractivity contribution is 6.31. The standard InChI is InChI=1S/C14H10Cl2O3/c1-8-6-10(3-4-12(8)16)19-14(18)11-7-9(15)2-5-13(11)17/h2-7,17H,1H3. The molecule has 0 saturated heterocycles. The van der Waals surface area contributed by atoms with Gasteiger partial charge in [0.2, 0.25) is 0 Å². The van der Waals surface area contributed by atoms with Crippen molar-refractivity contribution >= 4 is 29.2 Å². The van der Waals surface area contributed by atoms with Crippen molar-refractivity contribution in [2.45, 2.75) is 6.92 Å². The number of carbonyl (C=O) groups is 1. The van der Waals surface area contributed by atoms with Gasteiger partial charge < -0.3 is 9.84 Å². The predicted molar refractivity (Wildman–Crippen MR) is 74.3 cm³/mol. The molecule has 0 aliphatic heterocycles. The zero-order valence-corrected chi connectivity index (χ0v) is 11.5. The highest BCUT2D eigenvalue weighted by Crippen LogP contribution is 2.25. The Kier molecular flexibility index (Phi) is 3.98. The molecule has 3 nitrogen and oxygen atoms in total. The van der Waals surface area contributed by atoms with E-state index in [1.165, 1.54) is 18.2 Å². The molecule has 0 bridgehead atoms. The fraction of sp³-hybridized carbons (Fsp3) is 0.0714. The van der Waals surface area contributed by atoms with Gasteiger partial charge in [-0.25, -0.2) is 4.79 Å². The van der Waals surface area contributed by atoms with Gasteiger partial charge in [0, 0.05) is 10.0 Å². The lowest BCUT2D eigenvalue weighted by Gasteiger charge is -2.07. The van der Waals surface area contributed by atoms with Crippen molar-refractivity contribution in [1.29, 1.82) is 0 Å². The number of esters is 1. The van der Waals surface area contributed by atoms with Crippen LogP contribution in [0.4, 0.5) is 0 Å². The molecule has 2 aromatic carbocycles. The monoisotopic (exact) mass is 296 g/mol. The number of carbonyl (C=O) groups excluding carboxylic acids is 1. The zero-order chi connectivity index (χ0) is 14.0. The first-order valence-corrected chi connectivity index (χ1v) is 6.20. The molecule has 98 valence electrons. The Labute approximate surface area is 120 Å². The Hall–Kier alpha value is -1.71. The average molecular weight is 297 g/mol. The Balaban J connectivity index is 2.25. The number of ether oxygens (including phenoxy) is 1. The molecule has 0 atom stereocenters. The summed E-state index contributed by atoms with van der Waals surface area (Å²) < 4.78 is 5.16. The Morgan fingerprint density at radius 1 is 1.16 bits per heavy atom. The third-order valence-electron chi connectivity index (χ3n) is 2.52. The van der Waals surface area contributed by atoms with Gasteiger partial charge in [-0.3, -0.25) is 0 Å². The van der Waals surface area contributed by atoms with Crippen molar-refractivity contribution in [3.05, 3.63) is 57.6 Å². The summed E-state index contributed by atoms with van der Waals surface area (Å²) in [5, 5.41) is 10.5. The van der Waals surface area contributed by atoms with Crippen molar-refractivity contribution in [3.8, 4) is 11.5 Å². The van der Waals surface area contributed by atoms with E-state index in [1.807, 2.05) is 0 Å². The van der Waals surface area contributed by atoms with Crippen LogP contribution in [0.1, 0.15) is 15.9 Å². The lowest BCUT2D eigenvalue weighted by Crippen LogP contribution is -2.08. The molecule has 0 unspecified atom stereocenters. The van der Waals surface area contributed by atoms with Gasteiger partial charge in [0.25, 0.3) is 0 Å². The van der Waals surface area contributed by atoms with Crippen molar-refractivity contribution in [2.75, 3.05) is 0 Å². The van der Waals surface area contributed by atoms with E-state index in [1.54, 1.807) is 25.1 Å². The molecule has 0 aromatic heterocycles. The summed E-state index contributed by atoms with van der Waals surface area (Å²) in [5.74, 6) is -0.506. The third kappa shape index (κ3) is 3.19. The van der Waals surface area contributed by atoms with E-state index >= 15 is 0 Å². The second-order valence-corrected chi connectivity index (χ2v) is 4.81. The number of aryl methyl sites for hydroxylation is 1. The topological polar surface area (TPSA) is 46.5 Å². The summed E-state index contributed by atoms with van der Waals surface area (Å²) in [6.45, 7) is 1.80. The number of hydrogen-bond donors (Lipinski definition) is 1. The lowest BCUT2D eigenvalue weighted by atomic mass is 10.2. The minimum absolute atomic E-state index is 0.0140. The van der Waals surface area contributed by atoms with E-state index in [4.69, 9.17) is 27.9 Å². The molecule has 0 spiro atoms. The maximum Gasteiger partial charge on any atom is 0.347 e. The molecule has 0 aliphatic rings. The number of aromatic hydroxyl groups is 1. The largest absolute Gasteiger partial charge is 0.507 e. The third-order valence-corrected chi connectivity index (χ3v) is 3.18. The van der Waals surface area contributed by atoms with E-state index in [9.17, 15) is 9.90 Å². The van der Waals surface area contributed by atoms with Gasteiger partial charge in [0.15, 0.2) is 0 Å². The van der Waals surface area contributed by atoms with Gasteiger partial charge in [0.1, 0.15) is 17.1 Å². The number of halogens is 2. The second kappa shape index (κ2) is 5.51. The van der Waals surface area contributed by atoms with Crippen LogP contribution in [0, 0.1) is 6.92 Å². The first-order chi connectivity index (χ1) is 8.97. The number of phenolic OH excluding ortho intramolecular Hbond substituents is 1. The summed E-state index contributed by atoms with van der Waals surface area (Å²) >= 11 is 11.7. The van der Waals surface area contributed by atoms with Crippen LogP contribution in [-0.4, -0.2) is 11.1 Å². The van der Waals surface area contributed by atoms with Crippen LogP contribution in [0.15, 0.2) is 36.4 Å². The summed E-state index contributed by atoms with van der Waals surface area (Å²) in [5.41, 5.74) is 0.808. The molecule has 0 radical (unpaired) electrons. The smallest absolute Gasteiger partial charge is 0.347 e. The lowest BCUT2D eigenvalue weighted by molar-refractivity contribution is 0.0731. The van der Waals surface area contributed by atoms with Gasteiger partial charge in [-0.1, -0.05) is 23.2 Å². The fourth-order valence-corrected chi connectivity index (χ4v) is 1.80. The van der Waals surface area contributed by atoms with E-state index in [-0.39, 0.29) is 11.3 Å². The highest BCUT2D eigenvalue weighted by atomic mass is 35.5. The molecular formula is C14H10Cl2O3. The van der Waals surface area contributed by atoms with Gasteiger partial charge >= 0.3 is 5.97 Å². The summed E-state index contributed by atoms with van der Waals surface area (Å²) in [7, 11) is 0. The van der Waals surface area contributed by atoms with Crippen LogP contribution in [0.3, 0.4) is 0 Å². The van der Waals surface area contributed by atoms with Gasteiger partial charge in [-0.05, 0) is 48.9 Å². The summed E-state index contributed by atoms with van der Waals surface area (Å²) in [6.07, 6.45) is 0. The zero-order valence-electron chi connectivity index (χ0n) is 9.98. The van der Waals surface area contributed by atoms with Crippen LogP contribution < -0.4 is 4.74 Å². The van der Waals surface area contributed by atoms with Crippen molar-refractivity contribution in [2.24, 2.45) is 0 Å². The Morgan fingerprint density at radius 2 is 1.89 bits per heavy atom. The van der Waals surface area contributed by atoms with Crippen LogP contribution in [0.5, 0.6) is 11.5 Å². The minimum Gasteiger partial charge on any atom is -0.507 e. The summed E-state index contributed by atoms with van der Waals surface area (Å²) in [6, 6.07) is 9.03. The second-order valence-electron chi connectivity index (χ2n) is 3.96. The van der Waals surface area contributed by atoms with Gasteiger partial charge in [0.05, 0.1) is 0 Å². The Bertz CT molecular complexity index is 639. The highest BCUT2D eigenvalue weighted by Gasteiger charge is 2.14. The number of phenols is 1. The number of rotatable bonds is 2.